The third kappa shape index (κ3) is 1.93. The van der Waals surface area contributed by atoms with E-state index in [2.05, 4.69) is 15.3 Å². The molecule has 4 nitrogen and oxygen atoms in total. The van der Waals surface area contributed by atoms with Crippen molar-refractivity contribution >= 4 is 17.3 Å². The van der Waals surface area contributed by atoms with Gasteiger partial charge in [0.1, 0.15) is 0 Å². The Hall–Kier alpha value is -1.36. The van der Waals surface area contributed by atoms with Crippen LogP contribution in [-0.2, 0) is 13.6 Å². The summed E-state index contributed by atoms with van der Waals surface area (Å²) < 4.78 is 1.95. The predicted molar refractivity (Wildman–Crippen MR) is 57.4 cm³/mol. The summed E-state index contributed by atoms with van der Waals surface area (Å²) in [7, 11) is 1.97. The maximum Gasteiger partial charge on any atom is 0.202 e. The molecule has 2 heterocycles. The van der Waals surface area contributed by atoms with E-state index in [1.165, 1.54) is 4.88 Å². The fraction of sp³-hybridized carbons (Fsp3) is 0.333. The molecule has 0 saturated carbocycles. The second kappa shape index (κ2) is 3.79. The van der Waals surface area contributed by atoms with Crippen molar-refractivity contribution in [2.75, 3.05) is 5.32 Å². The fourth-order valence-corrected chi connectivity index (χ4v) is 1.92. The van der Waals surface area contributed by atoms with Gasteiger partial charge in [0.05, 0.1) is 11.6 Å². The lowest BCUT2D eigenvalue weighted by Crippen LogP contribution is -2.03. The third-order valence-electron chi connectivity index (χ3n) is 1.91. The zero-order valence-corrected chi connectivity index (χ0v) is 9.01. The van der Waals surface area contributed by atoms with Crippen LogP contribution in [0.15, 0.2) is 18.6 Å². The molecule has 0 bridgehead atoms. The van der Waals surface area contributed by atoms with Crippen molar-refractivity contribution in [3.05, 3.63) is 28.5 Å². The average Bonchev–Trinajstić information content (AvgIpc) is 2.72. The molecule has 0 aliphatic carbocycles. The maximum atomic E-state index is 4.19. The lowest BCUT2D eigenvalue weighted by molar-refractivity contribution is 0.902. The summed E-state index contributed by atoms with van der Waals surface area (Å²) in [5.74, 6) is 0.885. The molecule has 14 heavy (non-hydrogen) atoms. The van der Waals surface area contributed by atoms with Crippen LogP contribution in [0.1, 0.15) is 9.88 Å². The number of thiazole rings is 1. The Bertz CT molecular complexity index is 418. The SMILES string of the molecule is Cc1ncc(CNc2nccn2C)s1. The number of rotatable bonds is 3. The fourth-order valence-electron chi connectivity index (χ4n) is 1.19. The van der Waals surface area contributed by atoms with E-state index in [4.69, 9.17) is 0 Å². The molecule has 0 spiro atoms. The Morgan fingerprint density at radius 2 is 2.36 bits per heavy atom. The second-order valence-corrected chi connectivity index (χ2v) is 4.38. The van der Waals surface area contributed by atoms with Crippen LogP contribution in [0.25, 0.3) is 0 Å². The molecular weight excluding hydrogens is 196 g/mol. The number of nitrogens with one attached hydrogen (secondary N) is 1. The number of anilines is 1. The summed E-state index contributed by atoms with van der Waals surface area (Å²) in [6.45, 7) is 2.80. The number of aryl methyl sites for hydroxylation is 2. The van der Waals surface area contributed by atoms with Crippen molar-refractivity contribution in [2.24, 2.45) is 7.05 Å². The monoisotopic (exact) mass is 208 g/mol. The minimum atomic E-state index is 0.788. The van der Waals surface area contributed by atoms with Crippen molar-refractivity contribution in [1.82, 2.24) is 14.5 Å². The van der Waals surface area contributed by atoms with Gasteiger partial charge in [-0.25, -0.2) is 9.97 Å². The molecule has 0 unspecified atom stereocenters. The van der Waals surface area contributed by atoms with Gasteiger partial charge in [-0.15, -0.1) is 11.3 Å². The molecule has 5 heteroatoms. The van der Waals surface area contributed by atoms with Gasteiger partial charge in [-0.2, -0.15) is 0 Å². The number of nitrogens with zero attached hydrogens (tertiary/aromatic N) is 3. The molecule has 0 aliphatic heterocycles. The average molecular weight is 208 g/mol. The first kappa shape index (κ1) is 9.21. The Balaban J connectivity index is 1.98. The minimum absolute atomic E-state index is 0.788. The van der Waals surface area contributed by atoms with E-state index in [0.29, 0.717) is 0 Å². The van der Waals surface area contributed by atoms with Gasteiger partial charge < -0.3 is 9.88 Å². The van der Waals surface area contributed by atoms with Crippen LogP contribution in [0.3, 0.4) is 0 Å². The van der Waals surface area contributed by atoms with Crippen LogP contribution in [-0.4, -0.2) is 14.5 Å². The molecule has 0 saturated heterocycles. The number of hydrogen-bond donors (Lipinski definition) is 1. The summed E-state index contributed by atoms with van der Waals surface area (Å²) in [4.78, 5) is 9.59. The zero-order chi connectivity index (χ0) is 9.97. The van der Waals surface area contributed by atoms with Crippen molar-refractivity contribution < 1.29 is 0 Å². The summed E-state index contributed by atoms with van der Waals surface area (Å²) in [6, 6.07) is 0. The molecule has 0 radical (unpaired) electrons. The van der Waals surface area contributed by atoms with Gasteiger partial charge >= 0.3 is 0 Å². The van der Waals surface area contributed by atoms with Gasteiger partial charge in [-0.05, 0) is 6.92 Å². The Morgan fingerprint density at radius 1 is 1.50 bits per heavy atom. The summed E-state index contributed by atoms with van der Waals surface area (Å²) >= 11 is 1.70. The van der Waals surface area contributed by atoms with Gasteiger partial charge in [0, 0.05) is 30.5 Å². The smallest absolute Gasteiger partial charge is 0.202 e. The topological polar surface area (TPSA) is 42.7 Å². The van der Waals surface area contributed by atoms with E-state index in [-0.39, 0.29) is 0 Å². The number of hydrogen-bond acceptors (Lipinski definition) is 4. The van der Waals surface area contributed by atoms with Gasteiger partial charge in [-0.1, -0.05) is 0 Å². The molecule has 0 fully saturated rings. The van der Waals surface area contributed by atoms with Gasteiger partial charge in [0.25, 0.3) is 0 Å². The molecule has 2 aromatic heterocycles. The van der Waals surface area contributed by atoms with Crippen LogP contribution in [0.2, 0.25) is 0 Å². The molecule has 0 aromatic carbocycles. The summed E-state index contributed by atoms with van der Waals surface area (Å²) in [5.41, 5.74) is 0. The highest BCUT2D eigenvalue weighted by Gasteiger charge is 2.00. The largest absolute Gasteiger partial charge is 0.351 e. The van der Waals surface area contributed by atoms with Crippen molar-refractivity contribution in [3.63, 3.8) is 0 Å². The second-order valence-electron chi connectivity index (χ2n) is 3.06. The summed E-state index contributed by atoms with van der Waals surface area (Å²) in [5, 5.41) is 4.34. The highest BCUT2D eigenvalue weighted by atomic mass is 32.1. The van der Waals surface area contributed by atoms with Gasteiger partial charge in [0.2, 0.25) is 5.95 Å². The minimum Gasteiger partial charge on any atom is -0.351 e. The molecule has 0 aliphatic rings. The normalized spacial score (nSPS) is 10.4. The van der Waals surface area contributed by atoms with Crippen molar-refractivity contribution in [1.29, 1.82) is 0 Å². The van der Waals surface area contributed by atoms with Crippen LogP contribution >= 0.6 is 11.3 Å². The number of aromatic nitrogens is 3. The van der Waals surface area contributed by atoms with Crippen LogP contribution in [0.5, 0.6) is 0 Å². The molecule has 74 valence electrons. The van der Waals surface area contributed by atoms with Crippen LogP contribution in [0, 0.1) is 6.92 Å². The van der Waals surface area contributed by atoms with E-state index in [0.717, 1.165) is 17.5 Å². The standard InChI is InChI=1S/C9H12N4S/c1-7-11-5-8(14-7)6-12-9-10-3-4-13(9)2/h3-5H,6H2,1-2H3,(H,10,12). The Kier molecular flexibility index (Phi) is 2.49. The molecule has 0 amide bonds. The van der Waals surface area contributed by atoms with E-state index in [1.54, 1.807) is 17.5 Å². The molecular formula is C9H12N4S. The number of imidazole rings is 1. The van der Waals surface area contributed by atoms with Crippen LogP contribution in [0.4, 0.5) is 5.95 Å². The molecule has 2 rings (SSSR count). The Labute approximate surface area is 86.6 Å². The summed E-state index contributed by atoms with van der Waals surface area (Å²) in [6.07, 6.45) is 5.59. The quantitative estimate of drug-likeness (QED) is 0.836. The van der Waals surface area contributed by atoms with Gasteiger partial charge in [-0.3, -0.25) is 0 Å². The highest BCUT2D eigenvalue weighted by Crippen LogP contribution is 2.13. The highest BCUT2D eigenvalue weighted by molar-refractivity contribution is 7.11. The first-order chi connectivity index (χ1) is 6.75. The molecule has 1 N–H and O–H groups in total. The maximum absolute atomic E-state index is 4.19. The van der Waals surface area contributed by atoms with Crippen LogP contribution < -0.4 is 5.32 Å². The molecule has 0 atom stereocenters. The van der Waals surface area contributed by atoms with E-state index in [9.17, 15) is 0 Å². The zero-order valence-electron chi connectivity index (χ0n) is 8.19. The first-order valence-corrected chi connectivity index (χ1v) is 5.20. The van der Waals surface area contributed by atoms with E-state index >= 15 is 0 Å². The first-order valence-electron chi connectivity index (χ1n) is 4.38. The molecule has 2 aromatic rings. The van der Waals surface area contributed by atoms with E-state index in [1.807, 2.05) is 30.9 Å². The lowest BCUT2D eigenvalue weighted by atomic mass is 10.5. The third-order valence-corrected chi connectivity index (χ3v) is 2.82. The lowest BCUT2D eigenvalue weighted by Gasteiger charge is -2.02. The van der Waals surface area contributed by atoms with Gasteiger partial charge in [0.15, 0.2) is 0 Å². The Morgan fingerprint density at radius 3 is 2.93 bits per heavy atom. The van der Waals surface area contributed by atoms with E-state index < -0.39 is 0 Å². The van der Waals surface area contributed by atoms with Crippen molar-refractivity contribution in [2.45, 2.75) is 13.5 Å². The predicted octanol–water partition coefficient (Wildman–Crippen LogP) is 1.80. The van der Waals surface area contributed by atoms with Crippen molar-refractivity contribution in [3.8, 4) is 0 Å².